The van der Waals surface area contributed by atoms with Gasteiger partial charge < -0.3 is 15.0 Å². The lowest BCUT2D eigenvalue weighted by atomic mass is 10.1. The fourth-order valence-electron chi connectivity index (χ4n) is 2.69. The van der Waals surface area contributed by atoms with Crippen LogP contribution in [0.2, 0.25) is 0 Å². The minimum atomic E-state index is -0.250. The SMILES string of the molecule is CNCc1cccc(C(=O)N2CCN(CCOC(C)=O)CC2)c1. The lowest BCUT2D eigenvalue weighted by Crippen LogP contribution is -2.49. The molecule has 23 heavy (non-hydrogen) atoms. The third kappa shape index (κ3) is 5.33. The Labute approximate surface area is 137 Å². The van der Waals surface area contributed by atoms with Gasteiger partial charge in [0.15, 0.2) is 0 Å². The monoisotopic (exact) mass is 319 g/mol. The van der Waals surface area contributed by atoms with Crippen LogP contribution in [0, 0.1) is 0 Å². The highest BCUT2D eigenvalue weighted by Crippen LogP contribution is 2.11. The summed E-state index contributed by atoms with van der Waals surface area (Å²) < 4.78 is 4.96. The Kier molecular flexibility index (Phi) is 6.55. The van der Waals surface area contributed by atoms with Crippen LogP contribution >= 0.6 is 0 Å². The van der Waals surface area contributed by atoms with E-state index in [9.17, 15) is 9.59 Å². The normalized spacial score (nSPS) is 15.5. The maximum atomic E-state index is 12.6. The molecule has 2 rings (SSSR count). The summed E-state index contributed by atoms with van der Waals surface area (Å²) in [6, 6.07) is 7.76. The van der Waals surface area contributed by atoms with Gasteiger partial charge in [-0.3, -0.25) is 14.5 Å². The summed E-state index contributed by atoms with van der Waals surface area (Å²) in [5.41, 5.74) is 1.85. The molecule has 0 unspecified atom stereocenters. The van der Waals surface area contributed by atoms with Crippen molar-refractivity contribution in [2.75, 3.05) is 46.4 Å². The Morgan fingerprint density at radius 1 is 1.22 bits per heavy atom. The number of amides is 1. The van der Waals surface area contributed by atoms with Crippen molar-refractivity contribution in [2.24, 2.45) is 0 Å². The molecule has 1 saturated heterocycles. The van der Waals surface area contributed by atoms with Gasteiger partial charge in [-0.15, -0.1) is 0 Å². The maximum absolute atomic E-state index is 12.6. The molecule has 0 saturated carbocycles. The van der Waals surface area contributed by atoms with Crippen molar-refractivity contribution in [3.05, 3.63) is 35.4 Å². The highest BCUT2D eigenvalue weighted by molar-refractivity contribution is 5.94. The predicted octanol–water partition coefficient (Wildman–Crippen LogP) is 0.727. The third-order valence-corrected chi connectivity index (χ3v) is 3.93. The summed E-state index contributed by atoms with van der Waals surface area (Å²) in [4.78, 5) is 27.4. The van der Waals surface area contributed by atoms with Gasteiger partial charge in [0, 0.05) is 51.8 Å². The van der Waals surface area contributed by atoms with Crippen LogP contribution in [-0.2, 0) is 16.1 Å². The van der Waals surface area contributed by atoms with E-state index in [1.165, 1.54) is 6.92 Å². The molecule has 1 fully saturated rings. The van der Waals surface area contributed by atoms with Gasteiger partial charge in [0.25, 0.3) is 5.91 Å². The number of nitrogens with one attached hydrogen (secondary N) is 1. The molecule has 0 aliphatic carbocycles. The lowest BCUT2D eigenvalue weighted by molar-refractivity contribution is -0.141. The molecule has 6 heteroatoms. The van der Waals surface area contributed by atoms with E-state index in [0.29, 0.717) is 19.7 Å². The second-order valence-electron chi connectivity index (χ2n) is 5.70. The first-order chi connectivity index (χ1) is 11.1. The summed E-state index contributed by atoms with van der Waals surface area (Å²) in [6.45, 7) is 6.33. The Balaban J connectivity index is 1.83. The van der Waals surface area contributed by atoms with E-state index >= 15 is 0 Å². The molecule has 1 aromatic rings. The fraction of sp³-hybridized carbons (Fsp3) is 0.529. The summed E-state index contributed by atoms with van der Waals surface area (Å²) in [6.07, 6.45) is 0. The number of carbonyl (C=O) groups excluding carboxylic acids is 2. The summed E-state index contributed by atoms with van der Waals surface area (Å²) >= 11 is 0. The van der Waals surface area contributed by atoms with Crippen LogP contribution in [0.1, 0.15) is 22.8 Å². The van der Waals surface area contributed by atoms with E-state index in [1.807, 2.05) is 36.2 Å². The highest BCUT2D eigenvalue weighted by atomic mass is 16.5. The smallest absolute Gasteiger partial charge is 0.302 e. The Bertz CT molecular complexity index is 540. The van der Waals surface area contributed by atoms with Crippen LogP contribution in [0.25, 0.3) is 0 Å². The second kappa shape index (κ2) is 8.64. The largest absolute Gasteiger partial charge is 0.465 e. The zero-order valence-electron chi connectivity index (χ0n) is 13.9. The van der Waals surface area contributed by atoms with Gasteiger partial charge in [-0.05, 0) is 24.7 Å². The number of carbonyl (C=O) groups is 2. The van der Waals surface area contributed by atoms with Crippen molar-refractivity contribution < 1.29 is 14.3 Å². The molecule has 0 radical (unpaired) electrons. The number of esters is 1. The first-order valence-electron chi connectivity index (χ1n) is 7.98. The Morgan fingerprint density at radius 2 is 1.96 bits per heavy atom. The number of rotatable bonds is 6. The van der Waals surface area contributed by atoms with Gasteiger partial charge in [-0.25, -0.2) is 0 Å². The van der Waals surface area contributed by atoms with Gasteiger partial charge in [-0.2, -0.15) is 0 Å². The quantitative estimate of drug-likeness (QED) is 0.783. The molecule has 126 valence electrons. The van der Waals surface area contributed by atoms with Crippen molar-refractivity contribution in [1.29, 1.82) is 0 Å². The lowest BCUT2D eigenvalue weighted by Gasteiger charge is -2.34. The van der Waals surface area contributed by atoms with Gasteiger partial charge >= 0.3 is 5.97 Å². The van der Waals surface area contributed by atoms with Gasteiger partial charge in [-0.1, -0.05) is 12.1 Å². The molecule has 6 nitrogen and oxygen atoms in total. The van der Waals surface area contributed by atoms with Crippen LogP contribution in [0.5, 0.6) is 0 Å². The molecule has 0 atom stereocenters. The first kappa shape index (κ1) is 17.4. The minimum absolute atomic E-state index is 0.0857. The van der Waals surface area contributed by atoms with Gasteiger partial charge in [0.1, 0.15) is 6.61 Å². The molecule has 0 spiro atoms. The zero-order valence-corrected chi connectivity index (χ0v) is 13.9. The molecule has 0 aromatic heterocycles. The molecule has 1 N–H and O–H groups in total. The number of benzene rings is 1. The van der Waals surface area contributed by atoms with Crippen molar-refractivity contribution in [2.45, 2.75) is 13.5 Å². The molecule has 1 amide bonds. The van der Waals surface area contributed by atoms with Crippen LogP contribution in [-0.4, -0.2) is 68.1 Å². The molecular weight excluding hydrogens is 294 g/mol. The van der Waals surface area contributed by atoms with E-state index in [-0.39, 0.29) is 11.9 Å². The molecule has 1 heterocycles. The van der Waals surface area contributed by atoms with Crippen molar-refractivity contribution in [3.63, 3.8) is 0 Å². The summed E-state index contributed by atoms with van der Waals surface area (Å²) in [5, 5.41) is 3.10. The number of piperazine rings is 1. The Hall–Kier alpha value is -1.92. The van der Waals surface area contributed by atoms with E-state index in [4.69, 9.17) is 4.74 Å². The molecule has 1 aromatic carbocycles. The maximum Gasteiger partial charge on any atom is 0.302 e. The van der Waals surface area contributed by atoms with E-state index in [1.54, 1.807) is 0 Å². The summed E-state index contributed by atoms with van der Waals surface area (Å²) in [5.74, 6) is -0.164. The van der Waals surface area contributed by atoms with E-state index in [2.05, 4.69) is 10.2 Å². The number of nitrogens with zero attached hydrogens (tertiary/aromatic N) is 2. The number of ether oxygens (including phenoxy) is 1. The van der Waals surface area contributed by atoms with Gasteiger partial charge in [0.2, 0.25) is 0 Å². The topological polar surface area (TPSA) is 61.9 Å². The second-order valence-corrected chi connectivity index (χ2v) is 5.70. The van der Waals surface area contributed by atoms with Crippen molar-refractivity contribution >= 4 is 11.9 Å². The first-order valence-corrected chi connectivity index (χ1v) is 7.98. The van der Waals surface area contributed by atoms with Crippen LogP contribution < -0.4 is 5.32 Å². The number of hydrogen-bond donors (Lipinski definition) is 1. The highest BCUT2D eigenvalue weighted by Gasteiger charge is 2.22. The average molecular weight is 319 g/mol. The van der Waals surface area contributed by atoms with Crippen LogP contribution in [0.15, 0.2) is 24.3 Å². The molecular formula is C17H25N3O3. The van der Waals surface area contributed by atoms with Crippen molar-refractivity contribution in [3.8, 4) is 0 Å². The van der Waals surface area contributed by atoms with Crippen LogP contribution in [0.4, 0.5) is 0 Å². The minimum Gasteiger partial charge on any atom is -0.465 e. The van der Waals surface area contributed by atoms with Crippen molar-refractivity contribution in [1.82, 2.24) is 15.1 Å². The standard InChI is InChI=1S/C17H25N3O3/c1-14(21)23-11-10-19-6-8-20(9-7-19)17(22)16-5-3-4-15(12-16)13-18-2/h3-5,12,18H,6-11,13H2,1-2H3. The zero-order chi connectivity index (χ0) is 16.7. The molecule has 1 aliphatic rings. The molecule has 1 aliphatic heterocycles. The number of hydrogen-bond acceptors (Lipinski definition) is 5. The van der Waals surface area contributed by atoms with Crippen LogP contribution in [0.3, 0.4) is 0 Å². The van der Waals surface area contributed by atoms with E-state index in [0.717, 1.165) is 37.3 Å². The predicted molar refractivity (Wildman–Crippen MR) is 88.2 cm³/mol. The average Bonchev–Trinajstić information content (AvgIpc) is 2.55. The third-order valence-electron chi connectivity index (χ3n) is 3.93. The van der Waals surface area contributed by atoms with Gasteiger partial charge in [0.05, 0.1) is 0 Å². The fourth-order valence-corrected chi connectivity index (χ4v) is 2.69. The molecule has 0 bridgehead atoms. The summed E-state index contributed by atoms with van der Waals surface area (Å²) in [7, 11) is 1.89. The van der Waals surface area contributed by atoms with E-state index < -0.39 is 0 Å². The Morgan fingerprint density at radius 3 is 2.61 bits per heavy atom.